The zero-order chi connectivity index (χ0) is 20.0. The largest absolute Gasteiger partial charge is 0.381 e. The van der Waals surface area contributed by atoms with E-state index in [1.807, 2.05) is 27.7 Å². The predicted octanol–water partition coefficient (Wildman–Crippen LogP) is 2.54. The van der Waals surface area contributed by atoms with Crippen molar-refractivity contribution in [3.63, 3.8) is 0 Å². The van der Waals surface area contributed by atoms with Crippen LogP contribution in [0.5, 0.6) is 0 Å². The topological polar surface area (TPSA) is 79.0 Å². The van der Waals surface area contributed by atoms with Gasteiger partial charge in [0.1, 0.15) is 0 Å². The van der Waals surface area contributed by atoms with E-state index < -0.39 is 10.0 Å². The molecule has 1 saturated heterocycles. The number of rotatable bonds is 9. The molecule has 0 spiro atoms. The Morgan fingerprint density at radius 3 is 2.33 bits per heavy atom. The molecule has 1 atom stereocenters. The summed E-state index contributed by atoms with van der Waals surface area (Å²) in [6, 6.07) is 4.98. The van der Waals surface area contributed by atoms with Crippen molar-refractivity contribution in [1.29, 1.82) is 0 Å². The molecule has 1 unspecified atom stereocenters. The van der Waals surface area contributed by atoms with Gasteiger partial charge >= 0.3 is 0 Å². The molecule has 1 aromatic carbocycles. The molecule has 8 heteroatoms. The number of ether oxygens (including phenoxy) is 1. The molecule has 0 radical (unpaired) electrons. The van der Waals surface area contributed by atoms with Gasteiger partial charge in [0.25, 0.3) is 0 Å². The molecular weight excluding hydrogens is 366 g/mol. The summed E-state index contributed by atoms with van der Waals surface area (Å²) < 4.78 is 32.5. The van der Waals surface area contributed by atoms with E-state index in [4.69, 9.17) is 4.74 Å². The third kappa shape index (κ3) is 4.80. The van der Waals surface area contributed by atoms with E-state index in [0.717, 1.165) is 18.8 Å². The SMILES string of the molecule is CCN(CC)c1ccc(S(=O)(=O)N(CC)CC)cc1NC(=O)C1CCOC1. The number of sulfonamides is 1. The molecule has 1 heterocycles. The lowest BCUT2D eigenvalue weighted by Gasteiger charge is -2.26. The van der Waals surface area contributed by atoms with E-state index in [2.05, 4.69) is 10.2 Å². The predicted molar refractivity (Wildman–Crippen MR) is 108 cm³/mol. The van der Waals surface area contributed by atoms with Crippen molar-refractivity contribution in [3.05, 3.63) is 18.2 Å². The maximum Gasteiger partial charge on any atom is 0.243 e. The third-order valence-electron chi connectivity index (χ3n) is 4.97. The van der Waals surface area contributed by atoms with Gasteiger partial charge in [0.15, 0.2) is 0 Å². The Kier molecular flexibility index (Phi) is 7.64. The van der Waals surface area contributed by atoms with E-state index in [1.165, 1.54) is 4.31 Å². The average molecular weight is 398 g/mol. The minimum absolute atomic E-state index is 0.127. The van der Waals surface area contributed by atoms with Crippen molar-refractivity contribution in [2.24, 2.45) is 5.92 Å². The van der Waals surface area contributed by atoms with Gasteiger partial charge in [-0.1, -0.05) is 13.8 Å². The van der Waals surface area contributed by atoms with Crippen LogP contribution in [0.2, 0.25) is 0 Å². The van der Waals surface area contributed by atoms with E-state index >= 15 is 0 Å². The number of nitrogens with one attached hydrogen (secondary N) is 1. The molecule has 1 aliphatic rings. The third-order valence-corrected chi connectivity index (χ3v) is 7.02. The highest BCUT2D eigenvalue weighted by Crippen LogP contribution is 2.31. The van der Waals surface area contributed by atoms with Crippen LogP contribution in [0.1, 0.15) is 34.1 Å². The van der Waals surface area contributed by atoms with Crippen LogP contribution in [0.4, 0.5) is 11.4 Å². The second kappa shape index (κ2) is 9.52. The quantitative estimate of drug-likeness (QED) is 0.693. The van der Waals surface area contributed by atoms with Crippen molar-refractivity contribution in [2.75, 3.05) is 49.6 Å². The fourth-order valence-corrected chi connectivity index (χ4v) is 4.79. The Labute approximate surface area is 162 Å². The van der Waals surface area contributed by atoms with Crippen LogP contribution in [0, 0.1) is 5.92 Å². The summed E-state index contributed by atoms with van der Waals surface area (Å²) >= 11 is 0. The Morgan fingerprint density at radius 1 is 1.15 bits per heavy atom. The number of anilines is 2. The fourth-order valence-electron chi connectivity index (χ4n) is 3.30. The van der Waals surface area contributed by atoms with Crippen LogP contribution < -0.4 is 10.2 Å². The number of carbonyl (C=O) groups excluding carboxylic acids is 1. The van der Waals surface area contributed by atoms with Gasteiger partial charge in [0.05, 0.1) is 28.8 Å². The van der Waals surface area contributed by atoms with E-state index in [9.17, 15) is 13.2 Å². The second-order valence-corrected chi connectivity index (χ2v) is 8.43. The molecule has 1 N–H and O–H groups in total. The first kappa shape index (κ1) is 21.7. The summed E-state index contributed by atoms with van der Waals surface area (Å²) in [5, 5.41) is 2.95. The van der Waals surface area contributed by atoms with Crippen molar-refractivity contribution < 1.29 is 17.9 Å². The monoisotopic (exact) mass is 397 g/mol. The number of carbonyl (C=O) groups is 1. The Bertz CT molecular complexity index is 737. The molecule has 7 nitrogen and oxygen atoms in total. The summed E-state index contributed by atoms with van der Waals surface area (Å²) in [6.07, 6.45) is 0.684. The number of amides is 1. The molecule has 2 rings (SSSR count). The first-order valence-corrected chi connectivity index (χ1v) is 11.1. The zero-order valence-corrected chi connectivity index (χ0v) is 17.5. The minimum Gasteiger partial charge on any atom is -0.381 e. The lowest BCUT2D eigenvalue weighted by atomic mass is 10.1. The molecule has 1 aliphatic heterocycles. The van der Waals surface area contributed by atoms with Crippen molar-refractivity contribution in [1.82, 2.24) is 4.31 Å². The van der Waals surface area contributed by atoms with Crippen molar-refractivity contribution >= 4 is 27.3 Å². The zero-order valence-electron chi connectivity index (χ0n) is 16.7. The summed E-state index contributed by atoms with van der Waals surface area (Å²) in [4.78, 5) is 14.9. The molecule has 1 fully saturated rings. The van der Waals surface area contributed by atoms with Gasteiger partial charge in [-0.15, -0.1) is 0 Å². The van der Waals surface area contributed by atoms with Crippen LogP contribution in [0.3, 0.4) is 0 Å². The van der Waals surface area contributed by atoms with E-state index in [-0.39, 0.29) is 16.7 Å². The molecule has 1 aromatic rings. The van der Waals surface area contributed by atoms with Crippen molar-refractivity contribution in [2.45, 2.75) is 39.0 Å². The maximum absolute atomic E-state index is 12.9. The first-order chi connectivity index (χ1) is 12.9. The highest BCUT2D eigenvalue weighted by molar-refractivity contribution is 7.89. The van der Waals surface area contributed by atoms with Crippen LogP contribution in [-0.2, 0) is 19.6 Å². The molecular formula is C19H31N3O4S. The number of hydrogen-bond donors (Lipinski definition) is 1. The Morgan fingerprint density at radius 2 is 1.81 bits per heavy atom. The average Bonchev–Trinajstić information content (AvgIpc) is 3.19. The van der Waals surface area contributed by atoms with Crippen molar-refractivity contribution in [3.8, 4) is 0 Å². The lowest BCUT2D eigenvalue weighted by Crippen LogP contribution is -2.31. The van der Waals surface area contributed by atoms with Gasteiger partial charge in [0, 0.05) is 32.8 Å². The second-order valence-electron chi connectivity index (χ2n) is 6.49. The van der Waals surface area contributed by atoms with Crippen LogP contribution in [-0.4, -0.2) is 58.0 Å². The van der Waals surface area contributed by atoms with Gasteiger partial charge in [-0.2, -0.15) is 4.31 Å². The summed E-state index contributed by atoms with van der Waals surface area (Å²) in [5.74, 6) is -0.323. The lowest BCUT2D eigenvalue weighted by molar-refractivity contribution is -0.119. The molecule has 0 aromatic heterocycles. The molecule has 0 bridgehead atoms. The maximum atomic E-state index is 12.9. The smallest absolute Gasteiger partial charge is 0.243 e. The molecule has 0 saturated carbocycles. The summed E-state index contributed by atoms with van der Waals surface area (Å²) in [5.41, 5.74) is 1.36. The van der Waals surface area contributed by atoms with Crippen LogP contribution in [0.25, 0.3) is 0 Å². The molecule has 152 valence electrons. The molecule has 27 heavy (non-hydrogen) atoms. The number of benzene rings is 1. The Balaban J connectivity index is 2.43. The number of nitrogens with zero attached hydrogens (tertiary/aromatic N) is 2. The highest BCUT2D eigenvalue weighted by atomic mass is 32.2. The van der Waals surface area contributed by atoms with Gasteiger partial charge < -0.3 is 15.0 Å². The summed E-state index contributed by atoms with van der Waals surface area (Å²) in [7, 11) is -3.60. The van der Waals surface area contributed by atoms with E-state index in [0.29, 0.717) is 38.4 Å². The normalized spacial score (nSPS) is 17.3. The minimum atomic E-state index is -3.60. The van der Waals surface area contributed by atoms with Gasteiger partial charge in [-0.25, -0.2) is 8.42 Å². The Hall–Kier alpha value is -1.64. The first-order valence-electron chi connectivity index (χ1n) is 9.66. The van der Waals surface area contributed by atoms with Gasteiger partial charge in [-0.3, -0.25) is 4.79 Å². The molecule has 0 aliphatic carbocycles. The highest BCUT2D eigenvalue weighted by Gasteiger charge is 2.27. The summed E-state index contributed by atoms with van der Waals surface area (Å²) in [6.45, 7) is 11.0. The van der Waals surface area contributed by atoms with Crippen LogP contribution in [0.15, 0.2) is 23.1 Å². The van der Waals surface area contributed by atoms with Gasteiger partial charge in [0.2, 0.25) is 15.9 Å². The van der Waals surface area contributed by atoms with E-state index in [1.54, 1.807) is 18.2 Å². The molecule has 1 amide bonds. The van der Waals surface area contributed by atoms with Gasteiger partial charge in [-0.05, 0) is 38.5 Å². The number of hydrogen-bond acceptors (Lipinski definition) is 5. The fraction of sp³-hybridized carbons (Fsp3) is 0.632. The standard InChI is InChI=1S/C19H31N3O4S/c1-5-21(6-2)18-10-9-16(27(24,25)22(7-3)8-4)13-17(18)20-19(23)15-11-12-26-14-15/h9-10,13,15H,5-8,11-12,14H2,1-4H3,(H,20,23). The van der Waals surface area contributed by atoms with Crippen LogP contribution >= 0.6 is 0 Å².